The average molecular weight is 283 g/mol. The molecule has 0 aromatic heterocycles. The molecule has 0 aliphatic heterocycles. The molecule has 0 saturated carbocycles. The second-order valence-corrected chi connectivity index (χ2v) is 5.69. The van der Waals surface area contributed by atoms with Gasteiger partial charge >= 0.3 is 0 Å². The molecule has 0 fully saturated rings. The van der Waals surface area contributed by atoms with Gasteiger partial charge in [-0.25, -0.2) is 4.39 Å². The van der Waals surface area contributed by atoms with E-state index in [9.17, 15) is 4.39 Å². The predicted molar refractivity (Wildman–Crippen MR) is 83.0 cm³/mol. The second-order valence-electron chi connectivity index (χ2n) is 5.69. The molecule has 2 N–H and O–H groups in total. The third kappa shape index (κ3) is 4.56. The van der Waals surface area contributed by atoms with E-state index in [1.807, 2.05) is 14.1 Å². The van der Waals surface area contributed by atoms with Gasteiger partial charge in [0.05, 0.1) is 18.5 Å². The highest BCUT2D eigenvalue weighted by molar-refractivity contribution is 5.70. The van der Waals surface area contributed by atoms with Crippen molar-refractivity contribution in [2.24, 2.45) is 5.92 Å². The molecule has 0 spiro atoms. The van der Waals surface area contributed by atoms with Crippen molar-refractivity contribution in [3.63, 3.8) is 0 Å². The molecule has 0 atom stereocenters. The van der Waals surface area contributed by atoms with Crippen LogP contribution in [0.1, 0.15) is 13.8 Å². The van der Waals surface area contributed by atoms with E-state index in [-0.39, 0.29) is 5.75 Å². The molecule has 0 bridgehead atoms. The molecular weight excluding hydrogens is 257 g/mol. The van der Waals surface area contributed by atoms with Crippen LogP contribution in [0.15, 0.2) is 12.1 Å². The smallest absolute Gasteiger partial charge is 0.167 e. The lowest BCUT2D eigenvalue weighted by Crippen LogP contribution is -2.34. The first-order valence-corrected chi connectivity index (χ1v) is 6.87. The van der Waals surface area contributed by atoms with Crippen molar-refractivity contribution in [3.8, 4) is 5.75 Å². The SMILES string of the molecule is COc1cc(N(CCN(C)C)CC(C)C)c(N)cc1F. The minimum atomic E-state index is -0.425. The van der Waals surface area contributed by atoms with Gasteiger partial charge < -0.3 is 20.3 Å². The molecule has 0 aliphatic rings. The van der Waals surface area contributed by atoms with Crippen LogP contribution in [0.3, 0.4) is 0 Å². The van der Waals surface area contributed by atoms with Gasteiger partial charge in [0.2, 0.25) is 0 Å². The van der Waals surface area contributed by atoms with Crippen LogP contribution in [0, 0.1) is 11.7 Å². The van der Waals surface area contributed by atoms with Crippen molar-refractivity contribution >= 4 is 11.4 Å². The number of methoxy groups -OCH3 is 1. The van der Waals surface area contributed by atoms with Crippen molar-refractivity contribution in [1.82, 2.24) is 4.90 Å². The number of anilines is 2. The summed E-state index contributed by atoms with van der Waals surface area (Å²) in [6, 6.07) is 3.01. The zero-order valence-corrected chi connectivity index (χ0v) is 13.1. The summed E-state index contributed by atoms with van der Waals surface area (Å²) >= 11 is 0. The van der Waals surface area contributed by atoms with Gasteiger partial charge in [0.15, 0.2) is 11.6 Å². The van der Waals surface area contributed by atoms with Crippen LogP contribution in [-0.4, -0.2) is 45.7 Å². The second kappa shape index (κ2) is 7.33. The zero-order valence-electron chi connectivity index (χ0n) is 13.1. The molecule has 0 amide bonds. The lowest BCUT2D eigenvalue weighted by atomic mass is 10.1. The van der Waals surface area contributed by atoms with Crippen LogP contribution in [0.2, 0.25) is 0 Å². The first-order valence-electron chi connectivity index (χ1n) is 6.87. The van der Waals surface area contributed by atoms with Crippen LogP contribution >= 0.6 is 0 Å². The van der Waals surface area contributed by atoms with Gasteiger partial charge in [-0.1, -0.05) is 13.8 Å². The lowest BCUT2D eigenvalue weighted by molar-refractivity contribution is 0.386. The molecule has 20 heavy (non-hydrogen) atoms. The molecular formula is C15H26FN3O. The number of nitrogens with zero attached hydrogens (tertiary/aromatic N) is 2. The third-order valence-corrected chi connectivity index (χ3v) is 3.04. The van der Waals surface area contributed by atoms with Gasteiger partial charge in [0.25, 0.3) is 0 Å². The van der Waals surface area contributed by atoms with Crippen LogP contribution < -0.4 is 15.4 Å². The number of nitrogen functional groups attached to an aromatic ring is 1. The van der Waals surface area contributed by atoms with Crippen LogP contribution in [-0.2, 0) is 0 Å². The van der Waals surface area contributed by atoms with E-state index >= 15 is 0 Å². The fraction of sp³-hybridized carbons (Fsp3) is 0.600. The molecule has 0 radical (unpaired) electrons. The number of ether oxygens (including phenoxy) is 1. The quantitative estimate of drug-likeness (QED) is 0.780. The third-order valence-electron chi connectivity index (χ3n) is 3.04. The summed E-state index contributed by atoms with van der Waals surface area (Å²) in [5.74, 6) is 0.297. The van der Waals surface area contributed by atoms with E-state index in [0.717, 1.165) is 25.3 Å². The Bertz CT molecular complexity index is 435. The average Bonchev–Trinajstić information content (AvgIpc) is 2.34. The van der Waals surface area contributed by atoms with Crippen molar-refractivity contribution in [2.45, 2.75) is 13.8 Å². The van der Waals surface area contributed by atoms with Gasteiger partial charge in [0.1, 0.15) is 0 Å². The van der Waals surface area contributed by atoms with E-state index in [0.29, 0.717) is 11.6 Å². The fourth-order valence-corrected chi connectivity index (χ4v) is 2.06. The van der Waals surface area contributed by atoms with Crippen molar-refractivity contribution in [1.29, 1.82) is 0 Å². The number of nitrogens with two attached hydrogens (primary N) is 1. The summed E-state index contributed by atoms with van der Waals surface area (Å²) in [7, 11) is 5.52. The number of rotatable bonds is 7. The Kier molecular flexibility index (Phi) is 6.07. The Hall–Kier alpha value is -1.49. The highest BCUT2D eigenvalue weighted by Gasteiger charge is 2.15. The molecule has 5 heteroatoms. The highest BCUT2D eigenvalue weighted by atomic mass is 19.1. The molecule has 0 aliphatic carbocycles. The largest absolute Gasteiger partial charge is 0.494 e. The first-order chi connectivity index (χ1) is 9.35. The van der Waals surface area contributed by atoms with E-state index in [2.05, 4.69) is 23.6 Å². The molecule has 4 nitrogen and oxygen atoms in total. The normalized spacial score (nSPS) is 11.2. The molecule has 0 unspecified atom stereocenters. The maximum Gasteiger partial charge on any atom is 0.167 e. The summed E-state index contributed by atoms with van der Waals surface area (Å²) in [4.78, 5) is 4.30. The Balaban J connectivity index is 3.05. The summed E-state index contributed by atoms with van der Waals surface area (Å²) < 4.78 is 18.7. The van der Waals surface area contributed by atoms with Crippen molar-refractivity contribution in [2.75, 3.05) is 51.5 Å². The number of hydrogen-bond acceptors (Lipinski definition) is 4. The van der Waals surface area contributed by atoms with Crippen molar-refractivity contribution < 1.29 is 9.13 Å². The summed E-state index contributed by atoms with van der Waals surface area (Å²) in [6.45, 7) is 6.92. The fourth-order valence-electron chi connectivity index (χ4n) is 2.06. The van der Waals surface area contributed by atoms with Gasteiger partial charge in [-0.3, -0.25) is 0 Å². The molecule has 1 rings (SSSR count). The van der Waals surface area contributed by atoms with Crippen LogP contribution in [0.4, 0.5) is 15.8 Å². The highest BCUT2D eigenvalue weighted by Crippen LogP contribution is 2.31. The van der Waals surface area contributed by atoms with Crippen molar-refractivity contribution in [3.05, 3.63) is 17.9 Å². The minimum Gasteiger partial charge on any atom is -0.494 e. The summed E-state index contributed by atoms with van der Waals surface area (Å²) in [5.41, 5.74) is 7.26. The zero-order chi connectivity index (χ0) is 15.3. The van der Waals surface area contributed by atoms with E-state index in [1.54, 1.807) is 6.07 Å². The monoisotopic (exact) mass is 283 g/mol. The Morgan fingerprint density at radius 1 is 1.25 bits per heavy atom. The van der Waals surface area contributed by atoms with Gasteiger partial charge in [0, 0.05) is 31.8 Å². The van der Waals surface area contributed by atoms with E-state index in [4.69, 9.17) is 10.5 Å². The molecule has 1 aromatic rings. The molecule has 1 aromatic carbocycles. The molecule has 0 saturated heterocycles. The van der Waals surface area contributed by atoms with E-state index in [1.165, 1.54) is 13.2 Å². The minimum absolute atomic E-state index is 0.229. The molecule has 0 heterocycles. The number of likely N-dealkylation sites (N-methyl/N-ethyl adjacent to an activating group) is 1. The standard InChI is InChI=1S/C15H26FN3O/c1-11(2)10-19(7-6-18(3)4)14-9-15(20-5)12(16)8-13(14)17/h8-9,11H,6-7,10,17H2,1-5H3. The topological polar surface area (TPSA) is 41.7 Å². The van der Waals surface area contributed by atoms with Crippen LogP contribution in [0.5, 0.6) is 5.75 Å². The lowest BCUT2D eigenvalue weighted by Gasteiger charge is -2.29. The maximum atomic E-state index is 13.6. The predicted octanol–water partition coefficient (Wildman–Crippen LogP) is 2.44. The van der Waals surface area contributed by atoms with Gasteiger partial charge in [-0.05, 0) is 20.0 Å². The maximum absolute atomic E-state index is 13.6. The summed E-state index contributed by atoms with van der Waals surface area (Å²) in [6.07, 6.45) is 0. The van der Waals surface area contributed by atoms with Gasteiger partial charge in [-0.2, -0.15) is 0 Å². The van der Waals surface area contributed by atoms with E-state index < -0.39 is 5.82 Å². The number of halogens is 1. The Labute approximate surface area is 121 Å². The van der Waals surface area contributed by atoms with Gasteiger partial charge in [-0.15, -0.1) is 0 Å². The first kappa shape index (κ1) is 16.6. The number of benzene rings is 1. The Morgan fingerprint density at radius 3 is 2.40 bits per heavy atom. The molecule has 114 valence electrons. The van der Waals surface area contributed by atoms with Crippen LogP contribution in [0.25, 0.3) is 0 Å². The number of hydrogen-bond donors (Lipinski definition) is 1. The summed E-state index contributed by atoms with van der Waals surface area (Å²) in [5, 5.41) is 0. The Morgan fingerprint density at radius 2 is 1.90 bits per heavy atom.